The van der Waals surface area contributed by atoms with Gasteiger partial charge in [-0.05, 0) is 48.6 Å². The third-order valence-electron chi connectivity index (χ3n) is 3.73. The number of benzene rings is 1. The number of nitrogens with one attached hydrogen (secondary N) is 1. The minimum Gasteiger partial charge on any atom is -0.478 e. The van der Waals surface area contributed by atoms with Gasteiger partial charge in [-0.1, -0.05) is 6.07 Å². The summed E-state index contributed by atoms with van der Waals surface area (Å²) >= 11 is 5.09. The van der Waals surface area contributed by atoms with Crippen LogP contribution in [-0.2, 0) is 16.6 Å². The Morgan fingerprint density at radius 1 is 1.24 bits per heavy atom. The molecule has 2 aromatic rings. The Kier molecular flexibility index (Phi) is 4.20. The fraction of sp³-hybridized carbons (Fsp3) is 0.0588. The van der Waals surface area contributed by atoms with Gasteiger partial charge in [-0.25, -0.2) is 4.79 Å². The van der Waals surface area contributed by atoms with Gasteiger partial charge >= 0.3 is 5.97 Å². The van der Waals surface area contributed by atoms with Gasteiger partial charge in [-0.3, -0.25) is 19.8 Å². The van der Waals surface area contributed by atoms with Crippen LogP contribution in [0.5, 0.6) is 0 Å². The van der Waals surface area contributed by atoms with E-state index in [1.807, 2.05) is 0 Å². The number of carbonyl (C=O) groups is 3. The summed E-state index contributed by atoms with van der Waals surface area (Å²) in [6.45, 7) is 0. The molecule has 0 bridgehead atoms. The number of aromatic nitrogens is 1. The van der Waals surface area contributed by atoms with Crippen molar-refractivity contribution >= 4 is 46.9 Å². The number of nitrogens with zero attached hydrogens (tertiary/aromatic N) is 2. The van der Waals surface area contributed by atoms with Gasteiger partial charge in [0.15, 0.2) is 5.11 Å². The topological polar surface area (TPSA) is 91.6 Å². The predicted molar refractivity (Wildman–Crippen MR) is 95.0 cm³/mol. The van der Waals surface area contributed by atoms with Crippen LogP contribution in [0.25, 0.3) is 6.08 Å². The average Bonchev–Trinajstić information content (AvgIpc) is 2.96. The molecule has 0 atom stereocenters. The highest BCUT2D eigenvalue weighted by Crippen LogP contribution is 2.23. The maximum Gasteiger partial charge on any atom is 0.335 e. The van der Waals surface area contributed by atoms with Crippen LogP contribution in [0.1, 0.15) is 16.1 Å². The molecule has 1 aromatic carbocycles. The van der Waals surface area contributed by atoms with Gasteiger partial charge in [0.25, 0.3) is 11.8 Å². The zero-order chi connectivity index (χ0) is 18.1. The molecule has 0 spiro atoms. The lowest BCUT2D eigenvalue weighted by atomic mass is 10.1. The van der Waals surface area contributed by atoms with Crippen LogP contribution in [0, 0.1) is 0 Å². The summed E-state index contributed by atoms with van der Waals surface area (Å²) < 4.78 is 1.76. The van der Waals surface area contributed by atoms with Gasteiger partial charge in [0.2, 0.25) is 0 Å². The Hall–Kier alpha value is -3.26. The Bertz CT molecular complexity index is 945. The molecule has 1 aliphatic rings. The SMILES string of the molecule is Cn1cccc1C=C1C(=O)NC(=S)N(c2cccc(C(=O)O)c2)C1=O. The maximum atomic E-state index is 12.8. The van der Waals surface area contributed by atoms with Crippen molar-refractivity contribution < 1.29 is 19.5 Å². The van der Waals surface area contributed by atoms with E-state index in [-0.39, 0.29) is 21.9 Å². The molecular formula is C17H13N3O4S. The highest BCUT2D eigenvalue weighted by molar-refractivity contribution is 7.80. The predicted octanol–water partition coefficient (Wildman–Crippen LogP) is 1.55. The van der Waals surface area contributed by atoms with E-state index in [1.165, 1.54) is 24.3 Å². The zero-order valence-corrected chi connectivity index (χ0v) is 13.9. The van der Waals surface area contributed by atoms with Crippen LogP contribution in [0.2, 0.25) is 0 Å². The highest BCUT2D eigenvalue weighted by Gasteiger charge is 2.34. The third-order valence-corrected chi connectivity index (χ3v) is 4.01. The van der Waals surface area contributed by atoms with Gasteiger partial charge in [-0.15, -0.1) is 0 Å². The largest absolute Gasteiger partial charge is 0.478 e. The summed E-state index contributed by atoms with van der Waals surface area (Å²) in [6, 6.07) is 9.33. The van der Waals surface area contributed by atoms with Gasteiger partial charge < -0.3 is 9.67 Å². The number of carboxylic acids is 1. The van der Waals surface area contributed by atoms with Crippen molar-refractivity contribution in [3.8, 4) is 0 Å². The third kappa shape index (κ3) is 3.07. The molecule has 7 nitrogen and oxygen atoms in total. The second kappa shape index (κ2) is 6.33. The molecule has 3 rings (SSSR count). The van der Waals surface area contributed by atoms with E-state index in [0.717, 1.165) is 4.90 Å². The summed E-state index contributed by atoms with van der Waals surface area (Å²) in [4.78, 5) is 37.3. The molecule has 25 heavy (non-hydrogen) atoms. The van der Waals surface area contributed by atoms with E-state index >= 15 is 0 Å². The van der Waals surface area contributed by atoms with Crippen molar-refractivity contribution in [1.29, 1.82) is 0 Å². The number of carbonyl (C=O) groups excluding carboxylic acids is 2. The van der Waals surface area contributed by atoms with E-state index in [1.54, 1.807) is 36.0 Å². The van der Waals surface area contributed by atoms with Crippen molar-refractivity contribution in [3.05, 3.63) is 59.4 Å². The Labute approximate surface area is 148 Å². The summed E-state index contributed by atoms with van der Waals surface area (Å²) in [5, 5.41) is 11.5. The number of carboxylic acid groups (broad SMARTS) is 1. The Morgan fingerprint density at radius 2 is 2.00 bits per heavy atom. The van der Waals surface area contributed by atoms with Gasteiger partial charge in [0, 0.05) is 18.9 Å². The molecule has 1 saturated heterocycles. The van der Waals surface area contributed by atoms with Crippen molar-refractivity contribution in [2.75, 3.05) is 4.90 Å². The maximum absolute atomic E-state index is 12.8. The molecule has 1 aromatic heterocycles. The van der Waals surface area contributed by atoms with Gasteiger partial charge in [0.1, 0.15) is 5.57 Å². The molecule has 0 unspecified atom stereocenters. The number of hydrogen-bond donors (Lipinski definition) is 2. The van der Waals surface area contributed by atoms with E-state index in [0.29, 0.717) is 5.69 Å². The number of thiocarbonyl (C=S) groups is 1. The second-order valence-corrected chi connectivity index (χ2v) is 5.74. The average molecular weight is 355 g/mol. The van der Waals surface area contributed by atoms with Crippen LogP contribution < -0.4 is 10.2 Å². The first-order valence-electron chi connectivity index (χ1n) is 7.24. The highest BCUT2D eigenvalue weighted by atomic mass is 32.1. The fourth-order valence-electron chi connectivity index (χ4n) is 2.44. The fourth-order valence-corrected chi connectivity index (χ4v) is 2.72. The monoisotopic (exact) mass is 355 g/mol. The summed E-state index contributed by atoms with van der Waals surface area (Å²) in [7, 11) is 1.79. The summed E-state index contributed by atoms with van der Waals surface area (Å²) in [6.07, 6.45) is 3.25. The second-order valence-electron chi connectivity index (χ2n) is 5.36. The van der Waals surface area contributed by atoms with Crippen LogP contribution in [-0.4, -0.2) is 32.6 Å². The molecule has 0 radical (unpaired) electrons. The molecule has 1 fully saturated rings. The molecule has 2 N–H and O–H groups in total. The van der Waals surface area contributed by atoms with Crippen LogP contribution >= 0.6 is 12.2 Å². The normalized spacial score (nSPS) is 16.3. The quantitative estimate of drug-likeness (QED) is 0.495. The number of rotatable bonds is 3. The minimum absolute atomic E-state index is 0.0120. The number of anilines is 1. The molecule has 0 saturated carbocycles. The van der Waals surface area contributed by atoms with E-state index in [4.69, 9.17) is 17.3 Å². The number of aromatic carboxylic acids is 1. The first kappa shape index (κ1) is 16.6. The van der Waals surface area contributed by atoms with Crippen molar-refractivity contribution in [2.24, 2.45) is 7.05 Å². The number of hydrogen-bond acceptors (Lipinski definition) is 4. The van der Waals surface area contributed by atoms with E-state index in [9.17, 15) is 14.4 Å². The van der Waals surface area contributed by atoms with Crippen LogP contribution in [0.15, 0.2) is 48.2 Å². The lowest BCUT2D eigenvalue weighted by Crippen LogP contribution is -2.54. The van der Waals surface area contributed by atoms with Gasteiger partial charge in [0.05, 0.1) is 11.3 Å². The molecule has 0 aliphatic carbocycles. The van der Waals surface area contributed by atoms with Crippen molar-refractivity contribution in [2.45, 2.75) is 0 Å². The molecule has 126 valence electrons. The van der Waals surface area contributed by atoms with E-state index < -0.39 is 17.8 Å². The minimum atomic E-state index is -1.12. The van der Waals surface area contributed by atoms with Crippen molar-refractivity contribution in [3.63, 3.8) is 0 Å². The first-order valence-corrected chi connectivity index (χ1v) is 7.65. The molecule has 1 aliphatic heterocycles. The lowest BCUT2D eigenvalue weighted by Gasteiger charge is -2.29. The Morgan fingerprint density at radius 3 is 2.64 bits per heavy atom. The number of amides is 2. The number of aryl methyl sites for hydroxylation is 1. The molecule has 8 heteroatoms. The van der Waals surface area contributed by atoms with Gasteiger partial charge in [-0.2, -0.15) is 0 Å². The lowest BCUT2D eigenvalue weighted by molar-refractivity contribution is -0.122. The first-order chi connectivity index (χ1) is 11.9. The van der Waals surface area contributed by atoms with Crippen molar-refractivity contribution in [1.82, 2.24) is 9.88 Å². The molecule has 2 amide bonds. The molecular weight excluding hydrogens is 342 g/mol. The summed E-state index contributed by atoms with van der Waals surface area (Å²) in [5.74, 6) is -2.33. The smallest absolute Gasteiger partial charge is 0.335 e. The summed E-state index contributed by atoms with van der Waals surface area (Å²) in [5.41, 5.74) is 0.868. The van der Waals surface area contributed by atoms with E-state index in [2.05, 4.69) is 5.32 Å². The van der Waals surface area contributed by atoms with Crippen LogP contribution in [0.3, 0.4) is 0 Å². The van der Waals surface area contributed by atoms with Crippen LogP contribution in [0.4, 0.5) is 5.69 Å². The standard InChI is InChI=1S/C17H13N3O4S/c1-19-7-3-6-11(19)9-13-14(21)18-17(25)20(15(13)22)12-5-2-4-10(8-12)16(23)24/h2-9H,1H3,(H,23,24)(H,18,21,25). The molecule has 2 heterocycles. The zero-order valence-electron chi connectivity index (χ0n) is 13.1. The Balaban J connectivity index is 2.04.